The van der Waals surface area contributed by atoms with Crippen LogP contribution in [0.4, 0.5) is 13.2 Å². The van der Waals surface area contributed by atoms with Crippen LogP contribution in [0.25, 0.3) is 10.6 Å². The summed E-state index contributed by atoms with van der Waals surface area (Å²) in [5.41, 5.74) is 6.15. The second-order valence-corrected chi connectivity index (χ2v) is 4.80. The van der Waals surface area contributed by atoms with Crippen LogP contribution in [-0.2, 0) is 6.18 Å². The van der Waals surface area contributed by atoms with Gasteiger partial charge in [0, 0.05) is 17.0 Å². The Hall–Kier alpha value is -1.40. The predicted molar refractivity (Wildman–Crippen MR) is 65.2 cm³/mol. The van der Waals surface area contributed by atoms with Crippen molar-refractivity contribution in [2.45, 2.75) is 19.1 Å². The third-order valence-electron chi connectivity index (χ3n) is 2.43. The topological polar surface area (TPSA) is 38.9 Å². The first-order chi connectivity index (χ1) is 8.38. The summed E-state index contributed by atoms with van der Waals surface area (Å²) in [5.74, 6) is 0. The number of alkyl halides is 3. The maximum atomic E-state index is 12.6. The molecule has 0 amide bonds. The van der Waals surface area contributed by atoms with E-state index in [9.17, 15) is 13.2 Å². The number of nitrogens with zero attached hydrogens (tertiary/aromatic N) is 1. The number of thiazole rings is 1. The highest BCUT2D eigenvalue weighted by Gasteiger charge is 2.30. The summed E-state index contributed by atoms with van der Waals surface area (Å²) in [5, 5.41) is 2.31. The molecule has 0 aliphatic rings. The quantitative estimate of drug-likeness (QED) is 0.901. The lowest BCUT2D eigenvalue weighted by Crippen LogP contribution is -2.05. The Balaban J connectivity index is 2.38. The molecule has 0 aliphatic carbocycles. The fourth-order valence-electron chi connectivity index (χ4n) is 1.46. The number of rotatable bonds is 2. The van der Waals surface area contributed by atoms with Crippen molar-refractivity contribution >= 4 is 11.3 Å². The zero-order valence-corrected chi connectivity index (χ0v) is 10.3. The van der Waals surface area contributed by atoms with Gasteiger partial charge in [0.05, 0.1) is 11.3 Å². The van der Waals surface area contributed by atoms with Crippen molar-refractivity contribution in [3.8, 4) is 10.6 Å². The highest BCUT2D eigenvalue weighted by Crippen LogP contribution is 2.33. The lowest BCUT2D eigenvalue weighted by atomic mass is 10.1. The van der Waals surface area contributed by atoms with Crippen LogP contribution in [0, 0.1) is 0 Å². The van der Waals surface area contributed by atoms with Gasteiger partial charge < -0.3 is 5.73 Å². The lowest BCUT2D eigenvalue weighted by molar-refractivity contribution is -0.137. The summed E-state index contributed by atoms with van der Waals surface area (Å²) in [6.45, 7) is 1.78. The van der Waals surface area contributed by atoms with E-state index in [2.05, 4.69) is 4.98 Å². The first-order valence-corrected chi connectivity index (χ1v) is 6.14. The molecule has 0 saturated heterocycles. The van der Waals surface area contributed by atoms with Crippen LogP contribution in [0.2, 0.25) is 0 Å². The number of halogens is 3. The van der Waals surface area contributed by atoms with Gasteiger partial charge in [0.1, 0.15) is 5.01 Å². The molecule has 0 radical (unpaired) electrons. The molecule has 6 heteroatoms. The van der Waals surface area contributed by atoms with Crippen LogP contribution in [0.3, 0.4) is 0 Å². The number of nitrogens with two attached hydrogens (primary N) is 1. The summed E-state index contributed by atoms with van der Waals surface area (Å²) < 4.78 is 37.7. The van der Waals surface area contributed by atoms with E-state index in [1.54, 1.807) is 18.4 Å². The minimum atomic E-state index is -4.34. The van der Waals surface area contributed by atoms with Crippen LogP contribution in [0.15, 0.2) is 29.6 Å². The van der Waals surface area contributed by atoms with Gasteiger partial charge in [-0.3, -0.25) is 0 Å². The minimum Gasteiger partial charge on any atom is -0.323 e. The van der Waals surface area contributed by atoms with Crippen molar-refractivity contribution in [1.82, 2.24) is 4.98 Å². The van der Waals surface area contributed by atoms with Gasteiger partial charge in [0.25, 0.3) is 0 Å². The van der Waals surface area contributed by atoms with Crippen molar-refractivity contribution in [2.24, 2.45) is 5.73 Å². The molecule has 2 rings (SSSR count). The summed E-state index contributed by atoms with van der Waals surface area (Å²) in [6.07, 6.45) is -4.34. The van der Waals surface area contributed by atoms with E-state index < -0.39 is 11.7 Å². The van der Waals surface area contributed by atoms with Crippen LogP contribution < -0.4 is 5.73 Å². The largest absolute Gasteiger partial charge is 0.416 e. The maximum absolute atomic E-state index is 12.6. The minimum absolute atomic E-state index is 0.221. The third kappa shape index (κ3) is 2.70. The van der Waals surface area contributed by atoms with Gasteiger partial charge in [0.15, 0.2) is 0 Å². The lowest BCUT2D eigenvalue weighted by Gasteiger charge is -2.07. The van der Waals surface area contributed by atoms with E-state index in [0.717, 1.165) is 12.1 Å². The van der Waals surface area contributed by atoms with Crippen LogP contribution in [0.1, 0.15) is 24.2 Å². The third-order valence-corrected chi connectivity index (χ3v) is 3.33. The molecule has 1 aromatic carbocycles. The highest BCUT2D eigenvalue weighted by atomic mass is 32.1. The maximum Gasteiger partial charge on any atom is 0.416 e. The molecular formula is C12H11F3N2S. The Morgan fingerprint density at radius 2 is 2.06 bits per heavy atom. The van der Waals surface area contributed by atoms with Crippen LogP contribution in [0.5, 0.6) is 0 Å². The summed E-state index contributed by atoms with van der Waals surface area (Å²) >= 11 is 1.29. The van der Waals surface area contributed by atoms with Gasteiger partial charge >= 0.3 is 6.18 Å². The Morgan fingerprint density at radius 3 is 2.61 bits per heavy atom. The fourth-order valence-corrected chi connectivity index (χ4v) is 2.38. The smallest absolute Gasteiger partial charge is 0.323 e. The van der Waals surface area contributed by atoms with Gasteiger partial charge in [-0.2, -0.15) is 13.2 Å². The van der Waals surface area contributed by atoms with Gasteiger partial charge in [-0.1, -0.05) is 12.1 Å². The Bertz CT molecular complexity index is 546. The van der Waals surface area contributed by atoms with Gasteiger partial charge in [-0.15, -0.1) is 11.3 Å². The first kappa shape index (κ1) is 13.0. The summed E-state index contributed by atoms with van der Waals surface area (Å²) in [6, 6.07) is 4.91. The first-order valence-electron chi connectivity index (χ1n) is 5.26. The molecule has 1 heterocycles. The van der Waals surface area contributed by atoms with E-state index in [0.29, 0.717) is 16.3 Å². The second kappa shape index (κ2) is 4.70. The number of hydrogen-bond acceptors (Lipinski definition) is 3. The van der Waals surface area contributed by atoms with E-state index in [1.165, 1.54) is 17.4 Å². The molecule has 1 atom stereocenters. The molecule has 18 heavy (non-hydrogen) atoms. The standard InChI is InChI=1S/C12H11F3N2S/c1-7(16)10-6-18-11(17-10)8-3-2-4-9(5-8)12(13,14)15/h2-7H,16H2,1H3. The van der Waals surface area contributed by atoms with Gasteiger partial charge in [-0.05, 0) is 19.1 Å². The molecule has 2 aromatic rings. The van der Waals surface area contributed by atoms with Crippen molar-refractivity contribution in [3.63, 3.8) is 0 Å². The van der Waals surface area contributed by atoms with Crippen molar-refractivity contribution in [1.29, 1.82) is 0 Å². The molecule has 0 aliphatic heterocycles. The van der Waals surface area contributed by atoms with E-state index >= 15 is 0 Å². The van der Waals surface area contributed by atoms with Gasteiger partial charge in [-0.25, -0.2) is 4.98 Å². The van der Waals surface area contributed by atoms with E-state index in [-0.39, 0.29) is 6.04 Å². The number of benzene rings is 1. The number of aromatic nitrogens is 1. The normalized spacial score (nSPS) is 13.6. The predicted octanol–water partition coefficient (Wildman–Crippen LogP) is 3.85. The van der Waals surface area contributed by atoms with Crippen molar-refractivity contribution < 1.29 is 13.2 Å². The highest BCUT2D eigenvalue weighted by molar-refractivity contribution is 7.13. The molecule has 0 saturated carbocycles. The van der Waals surface area contributed by atoms with Crippen molar-refractivity contribution in [3.05, 3.63) is 40.9 Å². The van der Waals surface area contributed by atoms with Crippen LogP contribution >= 0.6 is 11.3 Å². The molecule has 0 bridgehead atoms. The zero-order chi connectivity index (χ0) is 13.3. The monoisotopic (exact) mass is 272 g/mol. The Labute approximate surface area is 106 Å². The molecule has 0 spiro atoms. The van der Waals surface area contributed by atoms with E-state index in [4.69, 9.17) is 5.73 Å². The molecule has 1 aromatic heterocycles. The summed E-state index contributed by atoms with van der Waals surface area (Å²) in [7, 11) is 0. The van der Waals surface area contributed by atoms with Crippen molar-refractivity contribution in [2.75, 3.05) is 0 Å². The molecular weight excluding hydrogens is 261 g/mol. The Morgan fingerprint density at radius 1 is 1.33 bits per heavy atom. The molecule has 1 unspecified atom stereocenters. The molecule has 0 fully saturated rings. The molecule has 2 N–H and O–H groups in total. The zero-order valence-electron chi connectivity index (χ0n) is 9.53. The summed E-state index contributed by atoms with van der Waals surface area (Å²) in [4.78, 5) is 4.23. The fraction of sp³-hybridized carbons (Fsp3) is 0.250. The molecule has 96 valence electrons. The van der Waals surface area contributed by atoms with E-state index in [1.807, 2.05) is 0 Å². The average Bonchev–Trinajstić information content (AvgIpc) is 2.77. The molecule has 2 nitrogen and oxygen atoms in total. The SMILES string of the molecule is CC(N)c1csc(-c2cccc(C(F)(F)F)c2)n1. The second-order valence-electron chi connectivity index (χ2n) is 3.94. The van der Waals surface area contributed by atoms with Gasteiger partial charge in [0.2, 0.25) is 0 Å². The number of hydrogen-bond donors (Lipinski definition) is 1. The Kier molecular flexibility index (Phi) is 3.41. The van der Waals surface area contributed by atoms with Crippen LogP contribution in [-0.4, -0.2) is 4.98 Å². The average molecular weight is 272 g/mol.